The number of aliphatic hydroxyl groups is 3. The first-order valence-electron chi connectivity index (χ1n) is 37.2. The van der Waals surface area contributed by atoms with Crippen LogP contribution in [0, 0.1) is 0 Å². The number of aromatic hydroxyl groups is 2. The number of hydrogen-bond donors (Lipinski definition) is 6. The van der Waals surface area contributed by atoms with E-state index in [1.54, 1.807) is 12.1 Å². The van der Waals surface area contributed by atoms with Crippen molar-refractivity contribution in [2.24, 2.45) is 0 Å². The maximum Gasteiger partial charge on any atom is 0.116 e. The first-order valence-corrected chi connectivity index (χ1v) is 37.2. The number of phenols is 2. The molecule has 0 amide bonds. The van der Waals surface area contributed by atoms with Crippen molar-refractivity contribution in [1.82, 2.24) is 14.7 Å². The van der Waals surface area contributed by atoms with Gasteiger partial charge in [-0.1, -0.05) is 200 Å². The van der Waals surface area contributed by atoms with Crippen molar-refractivity contribution in [2.45, 2.75) is 110 Å². The van der Waals surface area contributed by atoms with E-state index in [0.29, 0.717) is 24.9 Å². The molecule has 0 aromatic heterocycles. The van der Waals surface area contributed by atoms with Gasteiger partial charge in [-0.3, -0.25) is 14.7 Å². The number of anilines is 2. The standard InChI is InChI=1S/C31H36N2O.C31H35NO2.C30H34N2O2/c1-23(2)33-20-18-25(19-21-33)24-10-12-27(13-11-24)31(28-14-16-29(32)17-15-28)30(9-6-22-34)26-7-4-3-5-8-26;1-23(2)32-19-17-25(18-20-32)24-13-15-27(16-14-24)31(28-10-6-11-29(34)22-28)30(12-7-21-33)26-8-4-3-5-9-26;33-21-5-10-29(23-6-2-1-3-7-23)30(25-8-4-9-28(34)22-25)24-11-13-26(14-12-24)31-17-19-32(20-18-31)27-15-16-27/h3-5,7-8,10-18,23,34H,6,9,19-22,32H2,1-2H3;3-6,8-11,13-17,22-23,33-34H,7,12,18-21H2,1-2H3;1-4,6-9,11-14,22,27,33-34H,5,10,15-21H2/b2*31-30+;30-29+. The van der Waals surface area contributed by atoms with Crippen LogP contribution in [0.15, 0.2) is 249 Å². The zero-order valence-corrected chi connectivity index (χ0v) is 60.4. The van der Waals surface area contributed by atoms with Gasteiger partial charge in [0.15, 0.2) is 0 Å². The minimum atomic E-state index is 0.143. The Labute approximate surface area is 607 Å². The highest BCUT2D eigenvalue weighted by Gasteiger charge is 2.31. The van der Waals surface area contributed by atoms with Crippen molar-refractivity contribution in [2.75, 3.05) is 82.8 Å². The smallest absolute Gasteiger partial charge is 0.116 e. The number of nitrogen functional groups attached to an aromatic ring is 1. The Bertz CT molecular complexity index is 4260. The fraction of sp³-hybridized carbons (Fsp3) is 0.304. The maximum absolute atomic E-state index is 10.2. The van der Waals surface area contributed by atoms with E-state index < -0.39 is 0 Å². The summed E-state index contributed by atoms with van der Waals surface area (Å²) in [5.74, 6) is 0.512. The number of nitrogens with zero attached hydrogens (tertiary/aromatic N) is 4. The number of benzene rings is 9. The van der Waals surface area contributed by atoms with Crippen molar-refractivity contribution in [3.8, 4) is 11.5 Å². The third kappa shape index (κ3) is 19.8. The predicted octanol–water partition coefficient (Wildman–Crippen LogP) is 18.5. The molecule has 3 aliphatic heterocycles. The van der Waals surface area contributed by atoms with Gasteiger partial charge in [-0.2, -0.15) is 0 Å². The van der Waals surface area contributed by atoms with Gasteiger partial charge in [0, 0.05) is 102 Å². The molecule has 4 aliphatic rings. The topological polar surface area (TPSA) is 140 Å². The van der Waals surface area contributed by atoms with Crippen LogP contribution >= 0.6 is 0 Å². The van der Waals surface area contributed by atoms with E-state index >= 15 is 0 Å². The van der Waals surface area contributed by atoms with Gasteiger partial charge in [-0.15, -0.1) is 0 Å². The Balaban J connectivity index is 0.000000154. The minimum Gasteiger partial charge on any atom is -0.508 e. The van der Waals surface area contributed by atoms with Crippen LogP contribution in [0.25, 0.3) is 44.6 Å². The summed E-state index contributed by atoms with van der Waals surface area (Å²) in [7, 11) is 0. The molecule has 1 aliphatic carbocycles. The molecule has 2 fully saturated rings. The molecule has 9 aromatic carbocycles. The third-order valence-corrected chi connectivity index (χ3v) is 20.4. The molecule has 10 nitrogen and oxygen atoms in total. The van der Waals surface area contributed by atoms with Crippen LogP contribution in [-0.4, -0.2) is 131 Å². The van der Waals surface area contributed by atoms with Gasteiger partial charge in [0.1, 0.15) is 11.5 Å². The van der Waals surface area contributed by atoms with Crippen LogP contribution < -0.4 is 10.6 Å². The lowest BCUT2D eigenvalue weighted by Gasteiger charge is -2.36. The highest BCUT2D eigenvalue weighted by molar-refractivity contribution is 6.01. The monoisotopic (exact) mass is 1360 g/mol. The van der Waals surface area contributed by atoms with Crippen LogP contribution in [0.4, 0.5) is 11.4 Å². The summed E-state index contributed by atoms with van der Waals surface area (Å²) in [6.07, 6.45) is 14.1. The van der Waals surface area contributed by atoms with Crippen LogP contribution in [0.1, 0.15) is 153 Å². The summed E-state index contributed by atoms with van der Waals surface area (Å²) in [4.78, 5) is 10.1. The van der Waals surface area contributed by atoms with Gasteiger partial charge >= 0.3 is 0 Å². The predicted molar refractivity (Wildman–Crippen MR) is 428 cm³/mol. The summed E-state index contributed by atoms with van der Waals surface area (Å²) < 4.78 is 0. The van der Waals surface area contributed by atoms with Crippen molar-refractivity contribution in [3.63, 3.8) is 0 Å². The molecule has 0 unspecified atom stereocenters. The fourth-order valence-corrected chi connectivity index (χ4v) is 14.6. The van der Waals surface area contributed by atoms with Gasteiger partial charge < -0.3 is 36.2 Å². The fourth-order valence-electron chi connectivity index (χ4n) is 14.6. The number of allylic oxidation sites excluding steroid dienone is 3. The van der Waals surface area contributed by atoms with E-state index in [1.165, 1.54) is 74.2 Å². The molecule has 7 N–H and O–H groups in total. The van der Waals surface area contributed by atoms with E-state index in [-0.39, 0.29) is 31.3 Å². The molecule has 528 valence electrons. The lowest BCUT2D eigenvalue weighted by molar-refractivity contribution is 0.245. The first kappa shape index (κ1) is 73.8. The van der Waals surface area contributed by atoms with E-state index in [9.17, 15) is 25.5 Å². The van der Waals surface area contributed by atoms with Crippen molar-refractivity contribution in [1.29, 1.82) is 0 Å². The van der Waals surface area contributed by atoms with Gasteiger partial charge in [0.05, 0.1) is 0 Å². The average molecular weight is 1360 g/mol. The number of hydrogen-bond acceptors (Lipinski definition) is 10. The second kappa shape index (κ2) is 37.0. The summed E-state index contributed by atoms with van der Waals surface area (Å²) in [5.41, 5.74) is 30.5. The number of piperazine rings is 1. The Morgan fingerprint density at radius 2 is 0.725 bits per heavy atom. The molecular weight excluding hydrogens is 1260 g/mol. The van der Waals surface area contributed by atoms with Crippen molar-refractivity contribution >= 4 is 56.0 Å². The Morgan fingerprint density at radius 1 is 0.382 bits per heavy atom. The Kier molecular flexibility index (Phi) is 26.8. The van der Waals surface area contributed by atoms with Crippen molar-refractivity contribution in [3.05, 3.63) is 310 Å². The second-order valence-electron chi connectivity index (χ2n) is 28.0. The highest BCUT2D eigenvalue weighted by Crippen LogP contribution is 2.41. The molecule has 3 heterocycles. The summed E-state index contributed by atoms with van der Waals surface area (Å²) >= 11 is 0. The highest BCUT2D eigenvalue weighted by atomic mass is 16.3. The van der Waals surface area contributed by atoms with Gasteiger partial charge in [0.2, 0.25) is 0 Å². The van der Waals surface area contributed by atoms with Gasteiger partial charge in [-0.05, 0) is 246 Å². The Morgan fingerprint density at radius 3 is 1.05 bits per heavy atom. The molecule has 1 saturated carbocycles. The van der Waals surface area contributed by atoms with E-state index in [4.69, 9.17) is 5.73 Å². The van der Waals surface area contributed by atoms with Gasteiger partial charge in [0.25, 0.3) is 0 Å². The van der Waals surface area contributed by atoms with Crippen LogP contribution in [-0.2, 0) is 0 Å². The number of rotatable bonds is 24. The molecule has 10 heteroatoms. The van der Waals surface area contributed by atoms with E-state index in [1.807, 2.05) is 66.7 Å². The quantitative estimate of drug-likeness (QED) is 0.0256. The number of nitrogens with two attached hydrogens (primary N) is 1. The van der Waals surface area contributed by atoms with Crippen LogP contribution in [0.2, 0.25) is 0 Å². The number of aliphatic hydroxyl groups excluding tert-OH is 3. The normalized spacial score (nSPS) is 16.0. The van der Waals surface area contributed by atoms with Crippen LogP contribution in [0.5, 0.6) is 11.5 Å². The first-order chi connectivity index (χ1) is 49.9. The summed E-state index contributed by atoms with van der Waals surface area (Å²) in [6, 6.07) is 83.1. The SMILES string of the molecule is CC(C)N1CC=C(c2ccc(/C(=C(/CCCO)c3ccccc3)c3ccc(N)cc3)cc2)CC1.CC(C)N1CC=C(c2ccc(/C(=C(/CCCO)c3ccccc3)c3cccc(O)c3)cc2)CC1.OCCC/C(=C(/c1ccc(N2CCN(C3CC3)CC2)cc1)c1cccc(O)c1)c1ccccc1. The molecule has 102 heavy (non-hydrogen) atoms. The third-order valence-electron chi connectivity index (χ3n) is 20.4. The van der Waals surface area contributed by atoms with E-state index in [2.05, 4.69) is 217 Å². The summed E-state index contributed by atoms with van der Waals surface area (Å²) in [5, 5.41) is 49.3. The van der Waals surface area contributed by atoms with E-state index in [0.717, 1.165) is 153 Å². The lowest BCUT2D eigenvalue weighted by Crippen LogP contribution is -2.47. The molecule has 13 rings (SSSR count). The Hall–Kier alpha value is -9.36. The van der Waals surface area contributed by atoms with Gasteiger partial charge in [-0.25, -0.2) is 0 Å². The zero-order chi connectivity index (χ0) is 71.2. The lowest BCUT2D eigenvalue weighted by atomic mass is 9.86. The van der Waals surface area contributed by atoms with Crippen LogP contribution in [0.3, 0.4) is 0 Å². The molecular formula is C92H105N5O5. The zero-order valence-electron chi connectivity index (χ0n) is 60.4. The molecule has 9 aromatic rings. The molecule has 0 bridgehead atoms. The molecule has 1 saturated heterocycles. The average Bonchev–Trinajstić information content (AvgIpc) is 0.838. The summed E-state index contributed by atoms with van der Waals surface area (Å²) in [6.45, 7) is 18.2. The molecule has 0 atom stereocenters. The molecule has 0 spiro atoms. The van der Waals surface area contributed by atoms with Crippen molar-refractivity contribution < 1.29 is 25.5 Å². The maximum atomic E-state index is 10.2. The largest absolute Gasteiger partial charge is 0.508 e. The molecule has 0 radical (unpaired) electrons. The minimum absolute atomic E-state index is 0.143. The number of phenolic OH excluding ortho intramolecular Hbond substituents is 2. The second-order valence-corrected chi connectivity index (χ2v) is 28.0.